The summed E-state index contributed by atoms with van der Waals surface area (Å²) in [6.45, 7) is 6.67. The third kappa shape index (κ3) is 2.87. The summed E-state index contributed by atoms with van der Waals surface area (Å²) >= 11 is 0. The Balaban J connectivity index is 1.27. The second-order valence-corrected chi connectivity index (χ2v) is 11.5. The van der Waals surface area contributed by atoms with E-state index in [0.29, 0.717) is 11.3 Å². The van der Waals surface area contributed by atoms with Crippen LogP contribution in [0.5, 0.6) is 0 Å². The number of rotatable bonds is 2. The van der Waals surface area contributed by atoms with Gasteiger partial charge in [0.05, 0.1) is 11.0 Å². The smallest absolute Gasteiger partial charge is 0.302 e. The molecule has 4 unspecified atom stereocenters. The van der Waals surface area contributed by atoms with E-state index in [0.717, 1.165) is 36.1 Å². The Morgan fingerprint density at radius 2 is 1.94 bits per heavy atom. The van der Waals surface area contributed by atoms with Crippen LogP contribution in [0.3, 0.4) is 0 Å². The minimum Gasteiger partial charge on any atom is -0.463 e. The highest BCUT2D eigenvalue weighted by molar-refractivity contribution is 5.80. The minimum absolute atomic E-state index is 0.114. The third-order valence-corrected chi connectivity index (χ3v) is 10.2. The summed E-state index contributed by atoms with van der Waals surface area (Å²) in [5.74, 6) is 2.95. The second kappa shape index (κ2) is 7.20. The first-order valence-corrected chi connectivity index (χ1v) is 12.7. The van der Waals surface area contributed by atoms with Crippen LogP contribution in [-0.4, -0.2) is 21.6 Å². The van der Waals surface area contributed by atoms with Crippen molar-refractivity contribution >= 4 is 22.7 Å². The SMILES string of the molecule is CC(=O)O[C@H]1CC[C@@]2(C)C(CCC3C2CC[C@]2(C)C(n4cnc5ccccc54)=CCC32)C1. The molecule has 4 nitrogen and oxygen atoms in total. The first kappa shape index (κ1) is 20.5. The fourth-order valence-electron chi connectivity index (χ4n) is 8.63. The van der Waals surface area contributed by atoms with E-state index < -0.39 is 0 Å². The van der Waals surface area contributed by atoms with E-state index in [1.54, 1.807) is 6.92 Å². The molecule has 3 fully saturated rings. The summed E-state index contributed by atoms with van der Waals surface area (Å²) in [7, 11) is 0. The summed E-state index contributed by atoms with van der Waals surface area (Å²) in [6, 6.07) is 8.53. The van der Waals surface area contributed by atoms with Crippen molar-refractivity contribution in [3.63, 3.8) is 0 Å². The predicted molar refractivity (Wildman–Crippen MR) is 127 cm³/mol. The van der Waals surface area contributed by atoms with Crippen LogP contribution in [0.25, 0.3) is 16.7 Å². The number of imidazole rings is 1. The molecule has 2 aromatic rings. The van der Waals surface area contributed by atoms with Crippen molar-refractivity contribution in [1.82, 2.24) is 9.55 Å². The molecule has 0 spiro atoms. The van der Waals surface area contributed by atoms with E-state index in [9.17, 15) is 4.79 Å². The highest BCUT2D eigenvalue weighted by Crippen LogP contribution is 2.67. The molecule has 3 saturated carbocycles. The molecule has 170 valence electrons. The van der Waals surface area contributed by atoms with E-state index in [-0.39, 0.29) is 17.5 Å². The largest absolute Gasteiger partial charge is 0.463 e. The Labute approximate surface area is 191 Å². The fourth-order valence-corrected chi connectivity index (χ4v) is 8.63. The van der Waals surface area contributed by atoms with Gasteiger partial charge in [0, 0.05) is 18.0 Å². The van der Waals surface area contributed by atoms with Gasteiger partial charge in [-0.3, -0.25) is 4.79 Å². The third-order valence-electron chi connectivity index (χ3n) is 10.2. The highest BCUT2D eigenvalue weighted by Gasteiger charge is 2.59. The second-order valence-electron chi connectivity index (χ2n) is 11.5. The lowest BCUT2D eigenvalue weighted by Gasteiger charge is -2.60. The predicted octanol–water partition coefficient (Wildman–Crippen LogP) is 6.46. The molecule has 0 N–H and O–H groups in total. The van der Waals surface area contributed by atoms with Crippen LogP contribution in [0.1, 0.15) is 72.1 Å². The standard InChI is InChI=1S/C28H36N2O2/c1-18(31)32-20-12-14-27(2)19(16-20)8-9-21-22-10-11-26(28(22,3)15-13-23(21)27)30-17-29-24-6-4-5-7-25(24)30/h4-7,11,17,19-23H,8-10,12-16H2,1-3H3/t19?,20-,21?,22?,23?,27-,28-/m0/s1. The maximum Gasteiger partial charge on any atom is 0.302 e. The van der Waals surface area contributed by atoms with E-state index in [1.165, 1.54) is 49.7 Å². The van der Waals surface area contributed by atoms with Crippen molar-refractivity contribution in [2.75, 3.05) is 0 Å². The lowest BCUT2D eigenvalue weighted by atomic mass is 9.45. The lowest BCUT2D eigenvalue weighted by Crippen LogP contribution is -2.54. The van der Waals surface area contributed by atoms with Gasteiger partial charge in [-0.15, -0.1) is 0 Å². The Morgan fingerprint density at radius 1 is 1.09 bits per heavy atom. The van der Waals surface area contributed by atoms with Gasteiger partial charge in [0.2, 0.25) is 0 Å². The van der Waals surface area contributed by atoms with Crippen LogP contribution in [0, 0.1) is 34.5 Å². The summed E-state index contributed by atoms with van der Waals surface area (Å²) < 4.78 is 8.02. The van der Waals surface area contributed by atoms with Crippen molar-refractivity contribution in [2.24, 2.45) is 34.5 Å². The average Bonchev–Trinajstić information content (AvgIpc) is 3.34. The fraction of sp³-hybridized carbons (Fsp3) is 0.643. The monoisotopic (exact) mass is 432 g/mol. The number of benzene rings is 1. The van der Waals surface area contributed by atoms with Gasteiger partial charge < -0.3 is 9.30 Å². The van der Waals surface area contributed by atoms with Gasteiger partial charge in [-0.2, -0.15) is 0 Å². The van der Waals surface area contributed by atoms with Crippen molar-refractivity contribution in [3.05, 3.63) is 36.7 Å². The zero-order valence-corrected chi connectivity index (χ0v) is 19.7. The summed E-state index contributed by atoms with van der Waals surface area (Å²) in [4.78, 5) is 16.2. The van der Waals surface area contributed by atoms with E-state index in [4.69, 9.17) is 9.72 Å². The molecule has 1 heterocycles. The Morgan fingerprint density at radius 3 is 2.78 bits per heavy atom. The summed E-state index contributed by atoms with van der Waals surface area (Å²) in [6.07, 6.45) is 14.5. The van der Waals surface area contributed by atoms with E-state index in [2.05, 4.69) is 48.8 Å². The Hall–Kier alpha value is -2.10. The zero-order valence-electron chi connectivity index (χ0n) is 19.7. The van der Waals surface area contributed by atoms with Gasteiger partial charge in [-0.25, -0.2) is 4.98 Å². The molecule has 6 rings (SSSR count). The normalized spacial score (nSPS) is 40.8. The van der Waals surface area contributed by atoms with Crippen LogP contribution in [0.4, 0.5) is 0 Å². The molecule has 0 bridgehead atoms. The molecule has 4 heteroatoms. The first-order chi connectivity index (χ1) is 15.4. The number of carbonyl (C=O) groups excluding carboxylic acids is 1. The maximum absolute atomic E-state index is 11.5. The number of allylic oxidation sites excluding steroid dienone is 2. The molecule has 0 saturated heterocycles. The number of fused-ring (bicyclic) bond motifs is 6. The number of hydrogen-bond acceptors (Lipinski definition) is 3. The summed E-state index contributed by atoms with van der Waals surface area (Å²) in [5, 5.41) is 0. The van der Waals surface area contributed by atoms with Gasteiger partial charge in [-0.1, -0.05) is 32.1 Å². The molecule has 0 aliphatic heterocycles. The van der Waals surface area contributed by atoms with Crippen molar-refractivity contribution in [3.8, 4) is 0 Å². The van der Waals surface area contributed by atoms with Gasteiger partial charge in [0.15, 0.2) is 0 Å². The van der Waals surface area contributed by atoms with Gasteiger partial charge in [0.1, 0.15) is 12.4 Å². The topological polar surface area (TPSA) is 44.1 Å². The van der Waals surface area contributed by atoms with Gasteiger partial charge in [-0.05, 0) is 92.6 Å². The zero-order chi connectivity index (χ0) is 22.1. The van der Waals surface area contributed by atoms with Crippen molar-refractivity contribution in [1.29, 1.82) is 0 Å². The molecule has 0 amide bonds. The lowest BCUT2D eigenvalue weighted by molar-refractivity contribution is -0.158. The van der Waals surface area contributed by atoms with Crippen molar-refractivity contribution in [2.45, 2.75) is 78.2 Å². The van der Waals surface area contributed by atoms with Crippen LogP contribution < -0.4 is 0 Å². The maximum atomic E-state index is 11.5. The number of aromatic nitrogens is 2. The Bertz CT molecular complexity index is 1090. The molecule has 0 radical (unpaired) electrons. The average molecular weight is 433 g/mol. The minimum atomic E-state index is -0.114. The quantitative estimate of drug-likeness (QED) is 0.511. The molecular formula is C28H36N2O2. The number of carbonyl (C=O) groups is 1. The number of esters is 1. The van der Waals surface area contributed by atoms with Crippen LogP contribution in [-0.2, 0) is 9.53 Å². The molecular weight excluding hydrogens is 396 g/mol. The molecule has 1 aromatic heterocycles. The van der Waals surface area contributed by atoms with E-state index >= 15 is 0 Å². The Kier molecular flexibility index (Phi) is 4.61. The molecule has 4 aliphatic rings. The van der Waals surface area contributed by atoms with Crippen LogP contribution in [0.15, 0.2) is 36.7 Å². The molecule has 7 atom stereocenters. The number of para-hydroxylation sites is 2. The van der Waals surface area contributed by atoms with E-state index in [1.807, 2.05) is 6.33 Å². The number of nitrogens with zero attached hydrogens (tertiary/aromatic N) is 2. The summed E-state index contributed by atoms with van der Waals surface area (Å²) in [5.41, 5.74) is 4.46. The van der Waals surface area contributed by atoms with Gasteiger partial charge >= 0.3 is 5.97 Å². The molecule has 32 heavy (non-hydrogen) atoms. The van der Waals surface area contributed by atoms with Crippen LogP contribution >= 0.6 is 0 Å². The first-order valence-electron chi connectivity index (χ1n) is 12.7. The molecule has 1 aromatic carbocycles. The van der Waals surface area contributed by atoms with Crippen LogP contribution in [0.2, 0.25) is 0 Å². The number of hydrogen-bond donors (Lipinski definition) is 0. The van der Waals surface area contributed by atoms with Gasteiger partial charge in [0.25, 0.3) is 0 Å². The van der Waals surface area contributed by atoms with Crippen molar-refractivity contribution < 1.29 is 9.53 Å². The molecule has 4 aliphatic carbocycles. The number of ether oxygens (including phenoxy) is 1. The highest BCUT2D eigenvalue weighted by atomic mass is 16.5.